The van der Waals surface area contributed by atoms with E-state index in [0.29, 0.717) is 22.4 Å². The average molecular weight is 576 g/mol. The molecule has 1 unspecified atom stereocenters. The third-order valence-electron chi connectivity index (χ3n) is 8.29. The molecule has 2 aliphatic rings. The van der Waals surface area contributed by atoms with Crippen LogP contribution in [0.1, 0.15) is 48.1 Å². The van der Waals surface area contributed by atoms with Crippen molar-refractivity contribution in [2.75, 3.05) is 24.2 Å². The Morgan fingerprint density at radius 2 is 1.86 bits per heavy atom. The molecule has 1 saturated carbocycles. The summed E-state index contributed by atoms with van der Waals surface area (Å²) in [6.07, 6.45) is 11.3. The Labute approximate surface area is 249 Å². The summed E-state index contributed by atoms with van der Waals surface area (Å²) in [6, 6.07) is 16.5. The molecular weight excluding hydrogens is 542 g/mol. The molecule has 7 rings (SSSR count). The SMILES string of the molecule is Cc1cc(-c2cccnc2)ncc1-c1cc2cnc(Nc3ccc(C4CNCCS4)cc3)nc2n(C2CCCC2)c1=O. The van der Waals surface area contributed by atoms with E-state index in [1.54, 1.807) is 12.4 Å². The lowest BCUT2D eigenvalue weighted by Crippen LogP contribution is -2.28. The quantitative estimate of drug-likeness (QED) is 0.238. The number of fused-ring (bicyclic) bond motifs is 1. The maximum absolute atomic E-state index is 14.2. The number of aryl methyl sites for hydroxylation is 1. The summed E-state index contributed by atoms with van der Waals surface area (Å²) >= 11 is 2.00. The fraction of sp³-hybridized carbons (Fsp3) is 0.303. The van der Waals surface area contributed by atoms with Crippen molar-refractivity contribution in [2.24, 2.45) is 0 Å². The van der Waals surface area contributed by atoms with Crippen molar-refractivity contribution in [3.8, 4) is 22.4 Å². The highest BCUT2D eigenvalue weighted by Gasteiger charge is 2.24. The van der Waals surface area contributed by atoms with Crippen LogP contribution < -0.4 is 16.2 Å². The van der Waals surface area contributed by atoms with E-state index in [2.05, 4.69) is 44.9 Å². The second kappa shape index (κ2) is 11.7. The Morgan fingerprint density at radius 3 is 2.60 bits per heavy atom. The van der Waals surface area contributed by atoms with Crippen molar-refractivity contribution in [1.29, 1.82) is 0 Å². The van der Waals surface area contributed by atoms with E-state index >= 15 is 0 Å². The van der Waals surface area contributed by atoms with Gasteiger partial charge in [-0.15, -0.1) is 0 Å². The average Bonchev–Trinajstić information content (AvgIpc) is 3.57. The van der Waals surface area contributed by atoms with E-state index < -0.39 is 0 Å². The number of nitrogens with zero attached hydrogens (tertiary/aromatic N) is 5. The number of hydrogen-bond acceptors (Lipinski definition) is 8. The van der Waals surface area contributed by atoms with Crippen molar-refractivity contribution in [1.82, 2.24) is 29.8 Å². The van der Waals surface area contributed by atoms with Crippen LogP contribution in [0.3, 0.4) is 0 Å². The normalized spacial score (nSPS) is 17.5. The summed E-state index contributed by atoms with van der Waals surface area (Å²) in [4.78, 5) is 32.6. The molecule has 2 fully saturated rings. The molecule has 42 heavy (non-hydrogen) atoms. The molecule has 0 bridgehead atoms. The first kappa shape index (κ1) is 26.8. The van der Waals surface area contributed by atoms with Gasteiger partial charge < -0.3 is 10.6 Å². The molecule has 0 radical (unpaired) electrons. The van der Waals surface area contributed by atoms with Crippen molar-refractivity contribution >= 4 is 34.4 Å². The highest BCUT2D eigenvalue weighted by molar-refractivity contribution is 7.99. The molecule has 1 saturated heterocycles. The summed E-state index contributed by atoms with van der Waals surface area (Å²) in [5.41, 5.74) is 7.12. The van der Waals surface area contributed by atoms with Gasteiger partial charge in [0.1, 0.15) is 5.65 Å². The zero-order chi connectivity index (χ0) is 28.5. The smallest absolute Gasteiger partial charge is 0.260 e. The number of nitrogens with one attached hydrogen (secondary N) is 2. The lowest BCUT2D eigenvalue weighted by molar-refractivity contribution is 0.516. The maximum Gasteiger partial charge on any atom is 0.260 e. The van der Waals surface area contributed by atoms with Gasteiger partial charge >= 0.3 is 0 Å². The first-order valence-electron chi connectivity index (χ1n) is 14.6. The van der Waals surface area contributed by atoms with Gasteiger partial charge in [-0.2, -0.15) is 16.7 Å². The van der Waals surface area contributed by atoms with Crippen molar-refractivity contribution in [2.45, 2.75) is 43.9 Å². The van der Waals surface area contributed by atoms with E-state index in [0.717, 1.165) is 78.0 Å². The van der Waals surface area contributed by atoms with Gasteiger partial charge in [-0.05, 0) is 67.3 Å². The van der Waals surface area contributed by atoms with Crippen LogP contribution in [-0.4, -0.2) is 43.3 Å². The van der Waals surface area contributed by atoms with Crippen LogP contribution in [0.25, 0.3) is 33.4 Å². The van der Waals surface area contributed by atoms with Crippen LogP contribution in [0, 0.1) is 6.92 Å². The Morgan fingerprint density at radius 1 is 1.00 bits per heavy atom. The second-order valence-electron chi connectivity index (χ2n) is 11.1. The molecule has 8 nitrogen and oxygen atoms in total. The zero-order valence-electron chi connectivity index (χ0n) is 23.6. The van der Waals surface area contributed by atoms with Crippen LogP contribution in [0.5, 0.6) is 0 Å². The monoisotopic (exact) mass is 575 g/mol. The van der Waals surface area contributed by atoms with Gasteiger partial charge in [-0.25, -0.2) is 4.98 Å². The van der Waals surface area contributed by atoms with Gasteiger partial charge in [0.05, 0.1) is 5.69 Å². The number of rotatable bonds is 6. The summed E-state index contributed by atoms with van der Waals surface area (Å²) < 4.78 is 1.91. The van der Waals surface area contributed by atoms with Crippen molar-refractivity contribution in [3.05, 3.63) is 94.8 Å². The molecule has 5 aromatic rings. The van der Waals surface area contributed by atoms with E-state index in [1.807, 2.05) is 59.9 Å². The predicted octanol–water partition coefficient (Wildman–Crippen LogP) is 6.46. The van der Waals surface area contributed by atoms with Crippen LogP contribution >= 0.6 is 11.8 Å². The lowest BCUT2D eigenvalue weighted by Gasteiger charge is -2.22. The molecule has 1 aromatic carbocycles. The molecule has 0 amide bonds. The first-order chi connectivity index (χ1) is 20.6. The molecule has 0 spiro atoms. The highest BCUT2D eigenvalue weighted by Crippen LogP contribution is 2.34. The number of benzene rings is 1. The molecule has 5 heterocycles. The number of pyridine rings is 3. The minimum Gasteiger partial charge on any atom is -0.324 e. The lowest BCUT2D eigenvalue weighted by atomic mass is 10.0. The van der Waals surface area contributed by atoms with Gasteiger partial charge in [0, 0.05) is 82.7 Å². The number of hydrogen-bond donors (Lipinski definition) is 2. The minimum atomic E-state index is -0.0268. The molecule has 1 aliphatic heterocycles. The summed E-state index contributed by atoms with van der Waals surface area (Å²) in [5, 5.41) is 8.16. The summed E-state index contributed by atoms with van der Waals surface area (Å²) in [6.45, 7) is 4.09. The Kier molecular flexibility index (Phi) is 7.44. The fourth-order valence-electron chi connectivity index (χ4n) is 6.07. The number of anilines is 2. The topological polar surface area (TPSA) is 97.6 Å². The third kappa shape index (κ3) is 5.30. The number of aromatic nitrogens is 5. The third-order valence-corrected chi connectivity index (χ3v) is 9.57. The van der Waals surface area contributed by atoms with Gasteiger partial charge in [0.25, 0.3) is 5.56 Å². The molecule has 1 atom stereocenters. The maximum atomic E-state index is 14.2. The van der Waals surface area contributed by atoms with Gasteiger partial charge in [0.2, 0.25) is 5.95 Å². The zero-order valence-corrected chi connectivity index (χ0v) is 24.4. The van der Waals surface area contributed by atoms with Crippen LogP contribution in [0.15, 0.2) is 78.1 Å². The Balaban J connectivity index is 1.24. The van der Waals surface area contributed by atoms with Gasteiger partial charge in [0.15, 0.2) is 0 Å². The Bertz CT molecular complexity index is 1780. The van der Waals surface area contributed by atoms with Gasteiger partial charge in [-0.1, -0.05) is 25.0 Å². The number of thioether (sulfide) groups is 1. The Hall–Kier alpha value is -4.08. The first-order valence-corrected chi connectivity index (χ1v) is 15.7. The summed E-state index contributed by atoms with van der Waals surface area (Å²) in [5.74, 6) is 1.62. The molecule has 212 valence electrons. The molecule has 9 heteroatoms. The highest BCUT2D eigenvalue weighted by atomic mass is 32.2. The standard InChI is InChI=1S/C33H33N7OS/c1-21-15-29(23-5-4-12-34-17-23)36-19-28(21)27-16-24-18-37-33(39-31(24)40(32(27)41)26-6-2-3-7-26)38-25-10-8-22(9-11-25)30-20-35-13-14-42-30/h4-5,8-12,15-19,26,30,35H,2-3,6-7,13-14,20H2,1H3,(H,37,38,39). The second-order valence-corrected chi connectivity index (χ2v) is 12.4. The minimum absolute atomic E-state index is 0.0268. The van der Waals surface area contributed by atoms with Crippen molar-refractivity contribution < 1.29 is 0 Å². The summed E-state index contributed by atoms with van der Waals surface area (Å²) in [7, 11) is 0. The molecule has 4 aromatic heterocycles. The van der Waals surface area contributed by atoms with Crippen LogP contribution in [0.4, 0.5) is 11.6 Å². The van der Waals surface area contributed by atoms with E-state index in [-0.39, 0.29) is 11.6 Å². The largest absolute Gasteiger partial charge is 0.324 e. The van der Waals surface area contributed by atoms with E-state index in [9.17, 15) is 4.79 Å². The van der Waals surface area contributed by atoms with Gasteiger partial charge in [-0.3, -0.25) is 19.3 Å². The molecule has 1 aliphatic carbocycles. The van der Waals surface area contributed by atoms with E-state index in [1.165, 1.54) is 5.56 Å². The van der Waals surface area contributed by atoms with Crippen LogP contribution in [-0.2, 0) is 0 Å². The molecule has 2 N–H and O–H groups in total. The van der Waals surface area contributed by atoms with Crippen LogP contribution in [0.2, 0.25) is 0 Å². The fourth-order valence-corrected chi connectivity index (χ4v) is 7.21. The van der Waals surface area contributed by atoms with Crippen molar-refractivity contribution in [3.63, 3.8) is 0 Å². The van der Waals surface area contributed by atoms with E-state index in [4.69, 9.17) is 9.97 Å². The molecular formula is C33H33N7OS. The predicted molar refractivity (Wildman–Crippen MR) is 170 cm³/mol.